The van der Waals surface area contributed by atoms with Crippen molar-refractivity contribution in [3.63, 3.8) is 0 Å². The molecule has 0 aliphatic rings. The molecular weight excluding hydrogens is 342 g/mol. The van der Waals surface area contributed by atoms with Crippen LogP contribution in [0.15, 0.2) is 18.3 Å². The normalized spacial score (nSPS) is 9.50. The van der Waals surface area contributed by atoms with E-state index in [0.717, 1.165) is 0 Å². The predicted octanol–water partition coefficient (Wildman–Crippen LogP) is 3.41. The SMILES string of the molecule is CC(C)(C)c1c[c-]ncc1.C[CH-]C.[W+2]. The van der Waals surface area contributed by atoms with E-state index in [-0.39, 0.29) is 26.5 Å². The second-order valence-corrected chi connectivity index (χ2v) is 4.00. The Labute approximate surface area is 103 Å². The number of pyridine rings is 1. The Bertz CT molecular complexity index is 214. The molecule has 0 fully saturated rings. The van der Waals surface area contributed by atoms with E-state index in [9.17, 15) is 0 Å². The molecule has 0 bridgehead atoms. The average molecular weight is 361 g/mol. The maximum Gasteiger partial charge on any atom is 2.00 e. The third kappa shape index (κ3) is 7.26. The van der Waals surface area contributed by atoms with Crippen LogP contribution in [-0.2, 0) is 26.5 Å². The van der Waals surface area contributed by atoms with Crippen LogP contribution < -0.4 is 0 Å². The van der Waals surface area contributed by atoms with E-state index in [1.807, 2.05) is 32.4 Å². The first-order valence-corrected chi connectivity index (χ1v) is 4.59. The Hall–Kier alpha value is -0.162. The summed E-state index contributed by atoms with van der Waals surface area (Å²) in [6.45, 7) is 10.5. The van der Waals surface area contributed by atoms with Crippen LogP contribution in [0.25, 0.3) is 0 Å². The summed E-state index contributed by atoms with van der Waals surface area (Å²) in [5.41, 5.74) is 1.50. The molecule has 0 aliphatic heterocycles. The maximum atomic E-state index is 3.83. The van der Waals surface area contributed by atoms with Crippen molar-refractivity contribution in [2.24, 2.45) is 0 Å². The topological polar surface area (TPSA) is 12.9 Å². The van der Waals surface area contributed by atoms with Crippen molar-refractivity contribution >= 4 is 0 Å². The molecule has 0 N–H and O–H groups in total. The van der Waals surface area contributed by atoms with Gasteiger partial charge in [0, 0.05) is 0 Å². The van der Waals surface area contributed by atoms with Gasteiger partial charge in [-0.2, -0.15) is 26.0 Å². The van der Waals surface area contributed by atoms with Crippen molar-refractivity contribution in [1.29, 1.82) is 0 Å². The number of nitrogens with zero attached hydrogens (tertiary/aromatic N) is 1. The van der Waals surface area contributed by atoms with Crippen molar-refractivity contribution in [3.8, 4) is 0 Å². The minimum atomic E-state index is 0. The standard InChI is InChI=1S/C9H12N.C3H7.W/c1-9(2,3)8-4-6-10-7-5-8;1-3-2;/h4-6H,1-3H3;3H,1-2H3;/q2*-1;+2. The van der Waals surface area contributed by atoms with E-state index >= 15 is 0 Å². The molecule has 0 aromatic carbocycles. The zero-order valence-corrected chi connectivity index (χ0v) is 12.6. The largest absolute Gasteiger partial charge is 2.00 e. The third-order valence-corrected chi connectivity index (χ3v) is 1.49. The summed E-state index contributed by atoms with van der Waals surface area (Å²) in [4.78, 5) is 3.83. The first-order valence-electron chi connectivity index (χ1n) is 4.59. The van der Waals surface area contributed by atoms with E-state index in [2.05, 4.69) is 32.0 Å². The Kier molecular flexibility index (Phi) is 9.50. The fraction of sp³-hybridized carbons (Fsp3) is 0.500. The monoisotopic (exact) mass is 361 g/mol. The molecule has 0 atom stereocenters. The zero-order chi connectivity index (χ0) is 10.3. The van der Waals surface area contributed by atoms with Crippen LogP contribution in [0.4, 0.5) is 0 Å². The van der Waals surface area contributed by atoms with Crippen LogP contribution in [0.1, 0.15) is 40.2 Å². The zero-order valence-electron chi connectivity index (χ0n) is 9.66. The minimum absolute atomic E-state index is 0. The molecule has 0 saturated heterocycles. The van der Waals surface area contributed by atoms with Gasteiger partial charge in [0.05, 0.1) is 0 Å². The van der Waals surface area contributed by atoms with Crippen LogP contribution in [-0.4, -0.2) is 4.98 Å². The molecular formula is C12H19NW. The van der Waals surface area contributed by atoms with Gasteiger partial charge in [-0.15, -0.1) is 5.56 Å². The fourth-order valence-electron chi connectivity index (χ4n) is 0.782. The number of aromatic nitrogens is 1. The van der Waals surface area contributed by atoms with E-state index in [0.29, 0.717) is 0 Å². The van der Waals surface area contributed by atoms with Gasteiger partial charge in [-0.25, -0.2) is 0 Å². The van der Waals surface area contributed by atoms with E-state index in [4.69, 9.17) is 0 Å². The van der Waals surface area contributed by atoms with Gasteiger partial charge in [-0.05, 0) is 0 Å². The number of rotatable bonds is 0. The van der Waals surface area contributed by atoms with Gasteiger partial charge >= 0.3 is 21.1 Å². The molecule has 1 aromatic heterocycles. The molecule has 0 spiro atoms. The summed E-state index contributed by atoms with van der Waals surface area (Å²) in [6, 6.07) is 3.95. The molecule has 0 radical (unpaired) electrons. The van der Waals surface area contributed by atoms with E-state index in [1.165, 1.54) is 5.56 Å². The van der Waals surface area contributed by atoms with Crippen LogP contribution in [0.2, 0.25) is 0 Å². The smallest absolute Gasteiger partial charge is 0.394 e. The predicted molar refractivity (Wildman–Crippen MR) is 57.4 cm³/mol. The van der Waals surface area contributed by atoms with Crippen LogP contribution >= 0.6 is 0 Å². The number of hydrogen-bond acceptors (Lipinski definition) is 1. The fourth-order valence-corrected chi connectivity index (χ4v) is 0.782. The molecule has 1 heterocycles. The Balaban J connectivity index is 0. The maximum absolute atomic E-state index is 3.83. The summed E-state index contributed by atoms with van der Waals surface area (Å²) in [5, 5.41) is 0. The Morgan fingerprint density at radius 1 is 1.29 bits per heavy atom. The molecule has 0 unspecified atom stereocenters. The molecule has 1 rings (SSSR count). The first-order chi connectivity index (χ1) is 6.02. The van der Waals surface area contributed by atoms with Gasteiger partial charge < -0.3 is 11.4 Å². The van der Waals surface area contributed by atoms with Gasteiger partial charge in [0.1, 0.15) is 0 Å². The van der Waals surface area contributed by atoms with Crippen molar-refractivity contribution in [1.82, 2.24) is 4.98 Å². The van der Waals surface area contributed by atoms with Crippen LogP contribution in [0.5, 0.6) is 0 Å². The quantitative estimate of drug-likeness (QED) is 0.646. The summed E-state index contributed by atoms with van der Waals surface area (Å²) in [7, 11) is 0. The summed E-state index contributed by atoms with van der Waals surface area (Å²) in [5.74, 6) is 0. The molecule has 78 valence electrons. The third-order valence-electron chi connectivity index (χ3n) is 1.49. The molecule has 0 amide bonds. The van der Waals surface area contributed by atoms with Crippen LogP contribution in [0, 0.1) is 12.6 Å². The van der Waals surface area contributed by atoms with Crippen molar-refractivity contribution in [2.75, 3.05) is 0 Å². The minimum Gasteiger partial charge on any atom is -0.394 e. The van der Waals surface area contributed by atoms with Crippen molar-refractivity contribution in [3.05, 3.63) is 36.5 Å². The summed E-state index contributed by atoms with van der Waals surface area (Å²) >= 11 is 0. The number of hydrogen-bond donors (Lipinski definition) is 0. The molecule has 0 saturated carbocycles. The summed E-state index contributed by atoms with van der Waals surface area (Å²) in [6.07, 6.45) is 6.60. The Morgan fingerprint density at radius 3 is 2.00 bits per heavy atom. The Morgan fingerprint density at radius 2 is 1.79 bits per heavy atom. The molecule has 14 heavy (non-hydrogen) atoms. The van der Waals surface area contributed by atoms with Crippen LogP contribution in [0.3, 0.4) is 0 Å². The van der Waals surface area contributed by atoms with Gasteiger partial charge in [0.2, 0.25) is 0 Å². The van der Waals surface area contributed by atoms with Gasteiger partial charge in [0.15, 0.2) is 0 Å². The molecule has 2 heteroatoms. The van der Waals surface area contributed by atoms with E-state index < -0.39 is 0 Å². The second-order valence-electron chi connectivity index (χ2n) is 4.00. The summed E-state index contributed by atoms with van der Waals surface area (Å²) < 4.78 is 0. The molecule has 1 nitrogen and oxygen atoms in total. The van der Waals surface area contributed by atoms with Gasteiger partial charge in [-0.3, -0.25) is 0 Å². The first kappa shape index (κ1) is 16.3. The van der Waals surface area contributed by atoms with Crippen molar-refractivity contribution < 1.29 is 21.1 Å². The molecule has 0 aliphatic carbocycles. The van der Waals surface area contributed by atoms with Gasteiger partial charge in [-0.1, -0.05) is 38.6 Å². The second kappa shape index (κ2) is 8.17. The van der Waals surface area contributed by atoms with Gasteiger partial charge in [0.25, 0.3) is 0 Å². The van der Waals surface area contributed by atoms with E-state index in [1.54, 1.807) is 6.20 Å². The average Bonchev–Trinajstić information content (AvgIpc) is 2.06. The molecule has 1 aromatic rings. The van der Waals surface area contributed by atoms with Crippen molar-refractivity contribution in [2.45, 2.75) is 40.0 Å².